The quantitative estimate of drug-likeness (QED) is 0.585. The number of aromatic nitrogens is 1. The van der Waals surface area contributed by atoms with Crippen LogP contribution < -0.4 is 0 Å². The number of rotatable bonds is 4. The third-order valence-electron chi connectivity index (χ3n) is 8.08. The zero-order valence-electron chi connectivity index (χ0n) is 20.2. The van der Waals surface area contributed by atoms with Gasteiger partial charge in [0, 0.05) is 49.5 Å². The molecule has 2 saturated heterocycles. The number of amides is 1. The van der Waals surface area contributed by atoms with E-state index >= 15 is 0 Å². The Balaban J connectivity index is 1.36. The van der Waals surface area contributed by atoms with Crippen LogP contribution in [0.4, 0.5) is 0 Å². The van der Waals surface area contributed by atoms with Crippen molar-refractivity contribution in [1.82, 2.24) is 19.3 Å². The highest BCUT2D eigenvalue weighted by Crippen LogP contribution is 2.39. The number of aryl methyl sites for hydroxylation is 1. The van der Waals surface area contributed by atoms with E-state index in [2.05, 4.69) is 88.1 Å². The largest absolute Gasteiger partial charge is 0.351 e. The maximum atomic E-state index is 13.7. The van der Waals surface area contributed by atoms with E-state index in [1.54, 1.807) is 0 Å². The van der Waals surface area contributed by atoms with Crippen LogP contribution >= 0.6 is 0 Å². The second-order valence-corrected chi connectivity index (χ2v) is 10.0. The van der Waals surface area contributed by atoms with E-state index in [9.17, 15) is 4.79 Å². The van der Waals surface area contributed by atoms with Gasteiger partial charge in [-0.15, -0.1) is 0 Å². The SMILES string of the molecule is CN(C)C1(c2ccccc2)CCN(C2CCCCN2C(=O)c2ccc3ccn(C)c3c2)CC1. The van der Waals surface area contributed by atoms with E-state index in [1.807, 2.05) is 13.1 Å². The standard InChI is InChI=1S/C28H36N4O/c1-29(2)28(24-9-5-4-6-10-24)15-19-31(20-16-28)26-11-7-8-17-32(26)27(33)23-13-12-22-14-18-30(3)25(22)21-23/h4-6,9-10,12-14,18,21,26H,7-8,11,15-17,19-20H2,1-3H3. The molecule has 5 nitrogen and oxygen atoms in total. The lowest BCUT2D eigenvalue weighted by Gasteiger charge is -2.51. The number of benzene rings is 2. The fraction of sp³-hybridized carbons (Fsp3) is 0.464. The minimum absolute atomic E-state index is 0.0683. The number of piperidine rings is 2. The topological polar surface area (TPSA) is 31.7 Å². The lowest BCUT2D eigenvalue weighted by Crippen LogP contribution is -2.58. The molecule has 1 atom stereocenters. The lowest BCUT2D eigenvalue weighted by molar-refractivity contribution is -0.0251. The molecule has 0 aliphatic carbocycles. The number of likely N-dealkylation sites (tertiary alicyclic amines) is 2. The summed E-state index contributed by atoms with van der Waals surface area (Å²) in [6.07, 6.45) is 7.77. The summed E-state index contributed by atoms with van der Waals surface area (Å²) in [7, 11) is 6.45. The predicted octanol–water partition coefficient (Wildman–Crippen LogP) is 4.68. The fourth-order valence-electron chi connectivity index (χ4n) is 6.03. The third-order valence-corrected chi connectivity index (χ3v) is 8.08. The Hall–Kier alpha value is -2.63. The molecular weight excluding hydrogens is 408 g/mol. The summed E-state index contributed by atoms with van der Waals surface area (Å²) in [6, 6.07) is 19.2. The van der Waals surface area contributed by atoms with Crippen molar-refractivity contribution in [3.8, 4) is 0 Å². The van der Waals surface area contributed by atoms with Crippen molar-refractivity contribution in [2.24, 2.45) is 7.05 Å². The van der Waals surface area contributed by atoms with Gasteiger partial charge in [0.15, 0.2) is 0 Å². The molecule has 3 heterocycles. The van der Waals surface area contributed by atoms with Gasteiger partial charge in [-0.25, -0.2) is 0 Å². The number of nitrogens with zero attached hydrogens (tertiary/aromatic N) is 4. The second-order valence-electron chi connectivity index (χ2n) is 10.0. The molecule has 0 spiro atoms. The van der Waals surface area contributed by atoms with Crippen LogP contribution in [0.15, 0.2) is 60.8 Å². The first-order valence-electron chi connectivity index (χ1n) is 12.3. The van der Waals surface area contributed by atoms with E-state index in [0.29, 0.717) is 0 Å². The van der Waals surface area contributed by atoms with Crippen LogP contribution in [-0.2, 0) is 12.6 Å². The first kappa shape index (κ1) is 22.2. The number of hydrogen-bond donors (Lipinski definition) is 0. The summed E-state index contributed by atoms with van der Waals surface area (Å²) in [5, 5.41) is 1.18. The average Bonchev–Trinajstić information content (AvgIpc) is 3.24. The monoisotopic (exact) mass is 444 g/mol. The molecule has 0 bridgehead atoms. The fourth-order valence-corrected chi connectivity index (χ4v) is 6.03. The van der Waals surface area contributed by atoms with Crippen LogP contribution in [0.1, 0.15) is 48.0 Å². The van der Waals surface area contributed by atoms with Crippen LogP contribution in [0, 0.1) is 0 Å². The Labute approximate surface area is 197 Å². The maximum absolute atomic E-state index is 13.7. The lowest BCUT2D eigenvalue weighted by atomic mass is 9.79. The van der Waals surface area contributed by atoms with Crippen molar-refractivity contribution in [1.29, 1.82) is 0 Å². The molecule has 174 valence electrons. The summed E-state index contributed by atoms with van der Waals surface area (Å²) in [4.78, 5) is 20.8. The van der Waals surface area contributed by atoms with Gasteiger partial charge in [-0.2, -0.15) is 0 Å². The van der Waals surface area contributed by atoms with Gasteiger partial charge in [0.25, 0.3) is 5.91 Å². The van der Waals surface area contributed by atoms with Gasteiger partial charge in [-0.3, -0.25) is 14.6 Å². The van der Waals surface area contributed by atoms with Crippen LogP contribution in [0.2, 0.25) is 0 Å². The molecule has 1 amide bonds. The van der Waals surface area contributed by atoms with Gasteiger partial charge in [-0.1, -0.05) is 36.4 Å². The number of fused-ring (bicyclic) bond motifs is 1. The minimum Gasteiger partial charge on any atom is -0.351 e. The van der Waals surface area contributed by atoms with E-state index in [1.165, 1.54) is 17.4 Å². The van der Waals surface area contributed by atoms with Crippen molar-refractivity contribution in [3.05, 3.63) is 71.9 Å². The van der Waals surface area contributed by atoms with Gasteiger partial charge in [0.2, 0.25) is 0 Å². The first-order valence-corrected chi connectivity index (χ1v) is 12.3. The first-order chi connectivity index (χ1) is 16.0. The molecule has 2 aliphatic rings. The Morgan fingerprint density at radius 3 is 2.45 bits per heavy atom. The van der Waals surface area contributed by atoms with E-state index in [-0.39, 0.29) is 17.6 Å². The number of hydrogen-bond acceptors (Lipinski definition) is 3. The molecule has 2 aliphatic heterocycles. The zero-order chi connectivity index (χ0) is 23.0. The van der Waals surface area contributed by atoms with Crippen molar-refractivity contribution < 1.29 is 4.79 Å². The molecular formula is C28H36N4O. The minimum atomic E-state index is 0.0683. The molecule has 0 N–H and O–H groups in total. The van der Waals surface area contributed by atoms with Gasteiger partial charge >= 0.3 is 0 Å². The van der Waals surface area contributed by atoms with Gasteiger partial charge in [-0.05, 0) is 75.3 Å². The van der Waals surface area contributed by atoms with Gasteiger partial charge < -0.3 is 9.47 Å². The molecule has 2 aromatic carbocycles. The smallest absolute Gasteiger partial charge is 0.255 e. The Kier molecular flexibility index (Phi) is 6.02. The second kappa shape index (κ2) is 8.96. The van der Waals surface area contributed by atoms with Crippen molar-refractivity contribution in [3.63, 3.8) is 0 Å². The highest BCUT2D eigenvalue weighted by molar-refractivity contribution is 5.98. The molecule has 3 aromatic rings. The maximum Gasteiger partial charge on any atom is 0.255 e. The van der Waals surface area contributed by atoms with E-state index < -0.39 is 0 Å². The Morgan fingerprint density at radius 2 is 1.73 bits per heavy atom. The molecule has 5 heteroatoms. The zero-order valence-corrected chi connectivity index (χ0v) is 20.2. The van der Waals surface area contributed by atoms with Crippen LogP contribution in [-0.4, -0.2) is 65.1 Å². The van der Waals surface area contributed by atoms with Crippen LogP contribution in [0.3, 0.4) is 0 Å². The van der Waals surface area contributed by atoms with E-state index in [0.717, 1.165) is 56.4 Å². The predicted molar refractivity (Wildman–Crippen MR) is 134 cm³/mol. The van der Waals surface area contributed by atoms with E-state index in [4.69, 9.17) is 0 Å². The number of carbonyl (C=O) groups excluding carboxylic acids is 1. The third kappa shape index (κ3) is 3.98. The normalized spacial score (nSPS) is 21.6. The molecule has 0 radical (unpaired) electrons. The summed E-state index contributed by atoms with van der Waals surface area (Å²) in [6.45, 7) is 2.87. The molecule has 33 heavy (non-hydrogen) atoms. The Morgan fingerprint density at radius 1 is 0.970 bits per heavy atom. The molecule has 1 aromatic heterocycles. The van der Waals surface area contributed by atoms with Gasteiger partial charge in [0.05, 0.1) is 6.17 Å². The summed E-state index contributed by atoms with van der Waals surface area (Å²) < 4.78 is 2.09. The van der Waals surface area contributed by atoms with Crippen LogP contribution in [0.5, 0.6) is 0 Å². The van der Waals surface area contributed by atoms with Crippen molar-refractivity contribution in [2.75, 3.05) is 33.7 Å². The molecule has 5 rings (SSSR count). The molecule has 0 saturated carbocycles. The highest BCUT2D eigenvalue weighted by atomic mass is 16.2. The van der Waals surface area contributed by atoms with Crippen LogP contribution in [0.25, 0.3) is 10.9 Å². The van der Waals surface area contributed by atoms with Crippen molar-refractivity contribution >= 4 is 16.8 Å². The van der Waals surface area contributed by atoms with Gasteiger partial charge in [0.1, 0.15) is 0 Å². The average molecular weight is 445 g/mol. The summed E-state index contributed by atoms with van der Waals surface area (Å²) >= 11 is 0. The summed E-state index contributed by atoms with van der Waals surface area (Å²) in [5.41, 5.74) is 3.40. The molecule has 2 fully saturated rings. The molecule has 1 unspecified atom stereocenters. The Bertz CT molecular complexity index is 1110. The highest BCUT2D eigenvalue weighted by Gasteiger charge is 2.41. The summed E-state index contributed by atoms with van der Waals surface area (Å²) in [5.74, 6) is 0.176. The number of carbonyl (C=O) groups is 1. The van der Waals surface area contributed by atoms with Crippen molar-refractivity contribution in [2.45, 2.75) is 43.8 Å².